The van der Waals surface area contributed by atoms with Gasteiger partial charge in [0.15, 0.2) is 0 Å². The summed E-state index contributed by atoms with van der Waals surface area (Å²) < 4.78 is 6.91. The van der Waals surface area contributed by atoms with Crippen LogP contribution in [0.15, 0.2) is 34.1 Å². The van der Waals surface area contributed by atoms with Crippen LogP contribution in [-0.4, -0.2) is 6.61 Å². The van der Waals surface area contributed by atoms with Crippen LogP contribution in [0.5, 0.6) is 5.75 Å². The zero-order valence-corrected chi connectivity index (χ0v) is 15.0. The number of aryl methyl sites for hydroxylation is 1. The first-order chi connectivity index (χ1) is 10.2. The van der Waals surface area contributed by atoms with E-state index in [9.17, 15) is 0 Å². The van der Waals surface area contributed by atoms with E-state index in [1.807, 2.05) is 23.5 Å². The number of nitrogens with one attached hydrogen (secondary N) is 1. The van der Waals surface area contributed by atoms with E-state index in [0.29, 0.717) is 0 Å². The number of ether oxygens (including phenoxy) is 1. The van der Waals surface area contributed by atoms with Crippen LogP contribution in [0.25, 0.3) is 0 Å². The Labute approximate surface area is 139 Å². The van der Waals surface area contributed by atoms with Gasteiger partial charge in [-0.1, -0.05) is 29.8 Å². The number of hydrogen-bond donors (Lipinski definition) is 1. The molecule has 0 amide bonds. The van der Waals surface area contributed by atoms with E-state index in [1.165, 1.54) is 16.0 Å². The van der Waals surface area contributed by atoms with Gasteiger partial charge in [0.25, 0.3) is 0 Å². The van der Waals surface area contributed by atoms with Crippen molar-refractivity contribution in [3.05, 3.63) is 50.1 Å². The highest BCUT2D eigenvalue weighted by atomic mass is 79.9. The Morgan fingerprint density at radius 3 is 2.76 bits per heavy atom. The van der Waals surface area contributed by atoms with E-state index in [2.05, 4.69) is 52.6 Å². The molecule has 0 aliphatic carbocycles. The summed E-state index contributed by atoms with van der Waals surface area (Å²) in [6.07, 6.45) is 2.13. The van der Waals surface area contributed by atoms with Crippen LogP contribution < -0.4 is 10.1 Å². The first-order valence-electron chi connectivity index (χ1n) is 7.41. The minimum absolute atomic E-state index is 0.763. The van der Waals surface area contributed by atoms with Gasteiger partial charge in [-0.3, -0.25) is 0 Å². The summed E-state index contributed by atoms with van der Waals surface area (Å²) in [6, 6.07) is 8.42. The summed E-state index contributed by atoms with van der Waals surface area (Å²) in [4.78, 5) is 1.43. The zero-order valence-electron chi connectivity index (χ0n) is 12.6. The van der Waals surface area contributed by atoms with Crippen molar-refractivity contribution in [3.63, 3.8) is 0 Å². The van der Waals surface area contributed by atoms with E-state index < -0.39 is 0 Å². The molecule has 0 fully saturated rings. The van der Waals surface area contributed by atoms with E-state index >= 15 is 0 Å². The average Bonchev–Trinajstić information content (AvgIpc) is 2.94. The van der Waals surface area contributed by atoms with Crippen molar-refractivity contribution >= 4 is 27.3 Å². The molecule has 1 N–H and O–H groups in total. The van der Waals surface area contributed by atoms with Crippen molar-refractivity contribution < 1.29 is 4.74 Å². The zero-order chi connectivity index (χ0) is 15.1. The van der Waals surface area contributed by atoms with Gasteiger partial charge >= 0.3 is 0 Å². The van der Waals surface area contributed by atoms with Gasteiger partial charge in [0.05, 0.1) is 6.61 Å². The van der Waals surface area contributed by atoms with Crippen LogP contribution in [0.2, 0.25) is 0 Å². The van der Waals surface area contributed by atoms with Gasteiger partial charge in [0, 0.05) is 28.0 Å². The predicted molar refractivity (Wildman–Crippen MR) is 94.2 cm³/mol. The Morgan fingerprint density at radius 1 is 1.14 bits per heavy atom. The van der Waals surface area contributed by atoms with E-state index in [-0.39, 0.29) is 0 Å². The first-order valence-corrected chi connectivity index (χ1v) is 9.09. The van der Waals surface area contributed by atoms with Crippen LogP contribution >= 0.6 is 27.3 Å². The molecule has 2 aromatic rings. The second kappa shape index (κ2) is 8.57. The third-order valence-electron chi connectivity index (χ3n) is 3.30. The molecular formula is C17H22BrNOS. The van der Waals surface area contributed by atoms with Crippen LogP contribution in [0, 0.1) is 0 Å². The van der Waals surface area contributed by atoms with Crippen molar-refractivity contribution in [1.82, 2.24) is 5.32 Å². The van der Waals surface area contributed by atoms with Crippen LogP contribution in [0.4, 0.5) is 0 Å². The van der Waals surface area contributed by atoms with Crippen LogP contribution in [0.3, 0.4) is 0 Å². The summed E-state index contributed by atoms with van der Waals surface area (Å²) in [5.41, 5.74) is 2.65. The minimum atomic E-state index is 0.763. The average molecular weight is 368 g/mol. The minimum Gasteiger partial charge on any atom is -0.493 e. The van der Waals surface area contributed by atoms with E-state index in [0.717, 1.165) is 42.8 Å². The molecule has 2 nitrogen and oxygen atoms in total. The molecule has 0 aliphatic rings. The van der Waals surface area contributed by atoms with Gasteiger partial charge in [0.1, 0.15) is 5.75 Å². The van der Waals surface area contributed by atoms with Gasteiger partial charge in [0.2, 0.25) is 0 Å². The van der Waals surface area contributed by atoms with E-state index in [1.54, 1.807) is 0 Å². The number of benzene rings is 1. The maximum atomic E-state index is 5.82. The molecule has 0 saturated carbocycles. The molecule has 0 saturated heterocycles. The lowest BCUT2D eigenvalue weighted by Crippen LogP contribution is -2.14. The Bertz CT molecular complexity index is 568. The molecule has 4 heteroatoms. The van der Waals surface area contributed by atoms with Gasteiger partial charge in [-0.15, -0.1) is 11.3 Å². The van der Waals surface area contributed by atoms with Crippen molar-refractivity contribution in [2.75, 3.05) is 6.61 Å². The molecule has 0 radical (unpaired) electrons. The lowest BCUT2D eigenvalue weighted by molar-refractivity contribution is 0.313. The van der Waals surface area contributed by atoms with Gasteiger partial charge < -0.3 is 10.1 Å². The van der Waals surface area contributed by atoms with E-state index in [4.69, 9.17) is 4.74 Å². The maximum Gasteiger partial charge on any atom is 0.123 e. The summed E-state index contributed by atoms with van der Waals surface area (Å²) >= 11 is 5.36. The second-order valence-corrected chi connectivity index (χ2v) is 6.84. The highest BCUT2D eigenvalue weighted by Gasteiger charge is 2.06. The molecule has 0 bridgehead atoms. The van der Waals surface area contributed by atoms with Gasteiger partial charge in [-0.05, 0) is 48.1 Å². The number of halogens is 1. The summed E-state index contributed by atoms with van der Waals surface area (Å²) in [5, 5.41) is 5.70. The quantitative estimate of drug-likeness (QED) is 0.696. The molecule has 0 unspecified atom stereocenters. The molecule has 1 aromatic heterocycles. The maximum absolute atomic E-state index is 5.82. The van der Waals surface area contributed by atoms with Gasteiger partial charge in [-0.2, -0.15) is 0 Å². The van der Waals surface area contributed by atoms with Crippen molar-refractivity contribution in [3.8, 4) is 5.75 Å². The topological polar surface area (TPSA) is 21.3 Å². The first kappa shape index (κ1) is 16.5. The molecule has 0 spiro atoms. The monoisotopic (exact) mass is 367 g/mol. The number of hydrogen-bond acceptors (Lipinski definition) is 3. The molecule has 114 valence electrons. The largest absolute Gasteiger partial charge is 0.493 e. The predicted octanol–water partition coefficient (Wildman–Crippen LogP) is 5.15. The number of thiophene rings is 1. The molecule has 1 aromatic carbocycles. The Balaban J connectivity index is 1.97. The SMILES string of the molecule is CCCOc1ccc(Br)cc1CNCc1sccc1CC. The fourth-order valence-electron chi connectivity index (χ4n) is 2.19. The fourth-order valence-corrected chi connectivity index (χ4v) is 3.54. The fraction of sp³-hybridized carbons (Fsp3) is 0.412. The normalized spacial score (nSPS) is 10.8. The standard InChI is InChI=1S/C17H22BrNOS/c1-3-8-20-16-6-5-15(18)10-14(16)11-19-12-17-13(4-2)7-9-21-17/h5-7,9-10,19H,3-4,8,11-12H2,1-2H3. The van der Waals surface area contributed by atoms with Crippen molar-refractivity contribution in [2.45, 2.75) is 39.8 Å². The Morgan fingerprint density at radius 2 is 2.00 bits per heavy atom. The van der Waals surface area contributed by atoms with Crippen LogP contribution in [0.1, 0.15) is 36.3 Å². The summed E-state index contributed by atoms with van der Waals surface area (Å²) in [5.74, 6) is 0.981. The van der Waals surface area contributed by atoms with Crippen LogP contribution in [-0.2, 0) is 19.5 Å². The Kier molecular flexibility index (Phi) is 6.74. The third-order valence-corrected chi connectivity index (χ3v) is 4.76. The second-order valence-electron chi connectivity index (χ2n) is 4.93. The van der Waals surface area contributed by atoms with Crippen molar-refractivity contribution in [1.29, 1.82) is 0 Å². The highest BCUT2D eigenvalue weighted by molar-refractivity contribution is 9.10. The van der Waals surface area contributed by atoms with Gasteiger partial charge in [-0.25, -0.2) is 0 Å². The smallest absolute Gasteiger partial charge is 0.123 e. The molecule has 1 heterocycles. The number of rotatable bonds is 8. The van der Waals surface area contributed by atoms with Crippen molar-refractivity contribution in [2.24, 2.45) is 0 Å². The Hall–Kier alpha value is -0.840. The lowest BCUT2D eigenvalue weighted by atomic mass is 10.2. The molecule has 0 aliphatic heterocycles. The lowest BCUT2D eigenvalue weighted by Gasteiger charge is -2.12. The molecular weight excluding hydrogens is 346 g/mol. The molecule has 21 heavy (non-hydrogen) atoms. The third kappa shape index (κ3) is 4.83. The highest BCUT2D eigenvalue weighted by Crippen LogP contribution is 2.24. The molecule has 0 atom stereocenters. The summed E-state index contributed by atoms with van der Waals surface area (Å²) in [6.45, 7) is 6.83. The summed E-state index contributed by atoms with van der Waals surface area (Å²) in [7, 11) is 0. The molecule has 2 rings (SSSR count).